The van der Waals surface area contributed by atoms with Crippen LogP contribution in [0.25, 0.3) is 4.85 Å². The Kier molecular flexibility index (Phi) is 16.7. The normalized spacial score (nSPS) is 12.0. The summed E-state index contributed by atoms with van der Waals surface area (Å²) in [6, 6.07) is 5.33. The largest absolute Gasteiger partial charge is 0.465 e. The van der Waals surface area contributed by atoms with E-state index >= 15 is 0 Å². The zero-order valence-electron chi connectivity index (χ0n) is 22.7. The Morgan fingerprint density at radius 2 is 1.51 bits per heavy atom. The molecule has 1 rings (SSSR count). The highest BCUT2D eigenvalue weighted by molar-refractivity contribution is 7.44. The van der Waals surface area contributed by atoms with Crippen LogP contribution >= 0.6 is 8.53 Å². The van der Waals surface area contributed by atoms with Crippen LogP contribution in [-0.4, -0.2) is 95.6 Å². The molecule has 0 fully saturated rings. The van der Waals surface area contributed by atoms with Gasteiger partial charge in [0, 0.05) is 24.3 Å². The van der Waals surface area contributed by atoms with Gasteiger partial charge in [-0.15, -0.1) is 0 Å². The SMILES string of the molecule is [C-]#[N+]CCOP(OCCOCCOCCNc1cccc(C(=O)OC)c1C(=O)OC)N(C(C)C)C(C)C. The Balaban J connectivity index is 2.38. The van der Waals surface area contributed by atoms with E-state index < -0.39 is 20.5 Å². The zero-order valence-corrected chi connectivity index (χ0v) is 23.5. The van der Waals surface area contributed by atoms with E-state index in [4.69, 9.17) is 34.6 Å². The van der Waals surface area contributed by atoms with Gasteiger partial charge in [0.05, 0.1) is 58.4 Å². The van der Waals surface area contributed by atoms with Crippen molar-refractivity contribution in [3.63, 3.8) is 0 Å². The third-order valence-corrected chi connectivity index (χ3v) is 6.98. The van der Waals surface area contributed by atoms with Crippen molar-refractivity contribution >= 4 is 26.2 Å². The summed E-state index contributed by atoms with van der Waals surface area (Å²) in [4.78, 5) is 27.5. The molecular formula is C25H40N3O8P. The van der Waals surface area contributed by atoms with Crippen LogP contribution in [0.5, 0.6) is 0 Å². The summed E-state index contributed by atoms with van der Waals surface area (Å²) in [6.45, 7) is 18.2. The fraction of sp³-hybridized carbons (Fsp3) is 0.640. The van der Waals surface area contributed by atoms with E-state index in [1.165, 1.54) is 20.3 Å². The van der Waals surface area contributed by atoms with E-state index in [0.717, 1.165) is 0 Å². The van der Waals surface area contributed by atoms with Gasteiger partial charge in [0.1, 0.15) is 6.61 Å². The van der Waals surface area contributed by atoms with E-state index in [-0.39, 0.29) is 23.2 Å². The molecule has 0 heterocycles. The minimum absolute atomic E-state index is 0.117. The number of anilines is 1. The number of hydrogen-bond donors (Lipinski definition) is 1. The van der Waals surface area contributed by atoms with Gasteiger partial charge in [-0.3, -0.25) is 0 Å². The first-order valence-electron chi connectivity index (χ1n) is 12.1. The van der Waals surface area contributed by atoms with Crippen LogP contribution in [-0.2, 0) is 28.0 Å². The number of nitrogens with zero attached hydrogens (tertiary/aromatic N) is 2. The molecule has 1 atom stereocenters. The molecular weight excluding hydrogens is 501 g/mol. The summed E-state index contributed by atoms with van der Waals surface area (Å²) >= 11 is 0. The Morgan fingerprint density at radius 1 is 0.919 bits per heavy atom. The van der Waals surface area contributed by atoms with E-state index in [0.29, 0.717) is 58.4 Å². The lowest BCUT2D eigenvalue weighted by Crippen LogP contribution is -2.34. The van der Waals surface area contributed by atoms with Crippen LogP contribution in [0.3, 0.4) is 0 Å². The second-order valence-electron chi connectivity index (χ2n) is 8.22. The second-order valence-corrected chi connectivity index (χ2v) is 9.67. The third kappa shape index (κ3) is 11.7. The number of esters is 2. The van der Waals surface area contributed by atoms with E-state index in [2.05, 4.69) is 42.5 Å². The number of carbonyl (C=O) groups is 2. The van der Waals surface area contributed by atoms with Crippen LogP contribution in [0.1, 0.15) is 48.4 Å². The Bertz CT molecular complexity index is 855. The van der Waals surface area contributed by atoms with Crippen molar-refractivity contribution in [1.82, 2.24) is 4.67 Å². The van der Waals surface area contributed by atoms with Crippen molar-refractivity contribution in [3.8, 4) is 0 Å². The van der Waals surface area contributed by atoms with Crippen molar-refractivity contribution in [2.75, 3.05) is 72.3 Å². The van der Waals surface area contributed by atoms with Gasteiger partial charge in [-0.2, -0.15) is 0 Å². The first-order valence-corrected chi connectivity index (χ1v) is 13.3. The highest BCUT2D eigenvalue weighted by Crippen LogP contribution is 2.45. The molecule has 1 aromatic rings. The van der Waals surface area contributed by atoms with E-state index in [9.17, 15) is 9.59 Å². The van der Waals surface area contributed by atoms with Crippen molar-refractivity contribution in [1.29, 1.82) is 0 Å². The summed E-state index contributed by atoms with van der Waals surface area (Å²) in [7, 11) is 1.23. The van der Waals surface area contributed by atoms with Crippen molar-refractivity contribution in [2.45, 2.75) is 39.8 Å². The molecule has 0 amide bonds. The summed E-state index contributed by atoms with van der Waals surface area (Å²) in [5.74, 6) is -1.25. The minimum atomic E-state index is -1.28. The standard InChI is InChI=1S/C25H40N3O8P/c1-19(2)28(20(3)4)37(35-14-11-26-5)36-18-17-34-16-15-33-13-12-27-22-10-8-9-21(24(29)31-6)23(22)25(30)32-7/h8-10,19-20,27H,11-18H2,1-4,6-7H3. The molecule has 0 saturated carbocycles. The maximum Gasteiger partial charge on any atom is 0.340 e. The quantitative estimate of drug-likeness (QED) is 0.119. The van der Waals surface area contributed by atoms with Gasteiger partial charge < -0.3 is 38.2 Å². The molecule has 208 valence electrons. The molecule has 0 aromatic heterocycles. The smallest absolute Gasteiger partial charge is 0.340 e. The van der Waals surface area contributed by atoms with Gasteiger partial charge in [-0.05, 0) is 39.8 Å². The van der Waals surface area contributed by atoms with Crippen LogP contribution < -0.4 is 5.32 Å². The van der Waals surface area contributed by atoms with Crippen LogP contribution in [0.2, 0.25) is 0 Å². The Morgan fingerprint density at radius 3 is 2.11 bits per heavy atom. The maximum absolute atomic E-state index is 12.2. The summed E-state index contributed by atoms with van der Waals surface area (Å²) in [5.41, 5.74) is 0.701. The van der Waals surface area contributed by atoms with Crippen LogP contribution in [0.4, 0.5) is 5.69 Å². The molecule has 1 unspecified atom stereocenters. The summed E-state index contributed by atoms with van der Waals surface area (Å²) < 4.78 is 34.7. The predicted octanol–water partition coefficient (Wildman–Crippen LogP) is 4.00. The minimum Gasteiger partial charge on any atom is -0.465 e. The Labute approximate surface area is 221 Å². The molecule has 0 radical (unpaired) electrons. The second kappa shape index (κ2) is 18.9. The highest BCUT2D eigenvalue weighted by atomic mass is 31.2. The molecule has 11 nitrogen and oxygen atoms in total. The average Bonchev–Trinajstić information content (AvgIpc) is 2.87. The van der Waals surface area contributed by atoms with Crippen molar-refractivity contribution in [3.05, 3.63) is 40.7 Å². The van der Waals surface area contributed by atoms with E-state index in [1.54, 1.807) is 12.1 Å². The average molecular weight is 542 g/mol. The first-order chi connectivity index (χ1) is 17.8. The lowest BCUT2D eigenvalue weighted by molar-refractivity contribution is 0.0364. The fourth-order valence-electron chi connectivity index (χ4n) is 3.36. The molecule has 0 aliphatic heterocycles. The molecule has 0 aliphatic rings. The molecule has 0 bridgehead atoms. The topological polar surface area (TPSA) is 109 Å². The molecule has 0 saturated heterocycles. The molecule has 1 aromatic carbocycles. The highest BCUT2D eigenvalue weighted by Gasteiger charge is 2.27. The number of methoxy groups -OCH3 is 2. The molecule has 1 N–H and O–H groups in total. The number of nitrogens with one attached hydrogen (secondary N) is 1. The van der Waals surface area contributed by atoms with E-state index in [1.807, 2.05) is 0 Å². The van der Waals surface area contributed by atoms with Gasteiger partial charge >= 0.3 is 11.9 Å². The monoisotopic (exact) mass is 541 g/mol. The van der Waals surface area contributed by atoms with Gasteiger partial charge in [0.25, 0.3) is 8.53 Å². The zero-order chi connectivity index (χ0) is 27.6. The first kappa shape index (κ1) is 32.7. The maximum atomic E-state index is 12.2. The van der Waals surface area contributed by atoms with Crippen LogP contribution in [0.15, 0.2) is 18.2 Å². The lowest BCUT2D eigenvalue weighted by atomic mass is 10.1. The fourth-order valence-corrected chi connectivity index (χ4v) is 4.93. The number of carbonyl (C=O) groups excluding carboxylic acids is 2. The van der Waals surface area contributed by atoms with Crippen molar-refractivity contribution in [2.24, 2.45) is 0 Å². The summed E-state index contributed by atoms with van der Waals surface area (Å²) in [6.07, 6.45) is 0. The number of benzene rings is 1. The van der Waals surface area contributed by atoms with Crippen LogP contribution in [0, 0.1) is 6.57 Å². The van der Waals surface area contributed by atoms with Crippen molar-refractivity contribution < 1.29 is 37.6 Å². The third-order valence-electron chi connectivity index (χ3n) is 4.87. The molecule has 37 heavy (non-hydrogen) atoms. The molecule has 0 spiro atoms. The lowest BCUT2D eigenvalue weighted by Gasteiger charge is -2.35. The van der Waals surface area contributed by atoms with Gasteiger partial charge in [-0.25, -0.2) is 20.8 Å². The van der Waals surface area contributed by atoms with Gasteiger partial charge in [0.2, 0.25) is 6.54 Å². The predicted molar refractivity (Wildman–Crippen MR) is 142 cm³/mol. The number of ether oxygens (including phenoxy) is 4. The number of hydrogen-bond acceptors (Lipinski definition) is 10. The van der Waals surface area contributed by atoms with Gasteiger partial charge in [0.15, 0.2) is 0 Å². The molecule has 12 heteroatoms. The summed E-state index contributed by atoms with van der Waals surface area (Å²) in [5, 5.41) is 3.09. The number of rotatable bonds is 19. The molecule has 0 aliphatic carbocycles. The van der Waals surface area contributed by atoms with Gasteiger partial charge in [-0.1, -0.05) is 6.07 Å². The Hall–Kier alpha value is -2.32.